The minimum absolute atomic E-state index is 0.638. The minimum Gasteiger partial charge on any atom is -0.481 e. The molecule has 0 fully saturated rings. The fourth-order valence-electron chi connectivity index (χ4n) is 1.06. The summed E-state index contributed by atoms with van der Waals surface area (Å²) in [6, 6.07) is 3.83. The summed E-state index contributed by atoms with van der Waals surface area (Å²) in [7, 11) is 1.61. The van der Waals surface area contributed by atoms with Crippen LogP contribution in [-0.2, 0) is 0 Å². The topological polar surface area (TPSA) is 22.1 Å². The molecule has 0 atom stereocenters. The van der Waals surface area contributed by atoms with E-state index in [0.29, 0.717) is 5.88 Å². The van der Waals surface area contributed by atoms with Gasteiger partial charge in [0.05, 0.1) is 12.8 Å². The first kappa shape index (κ1) is 8.78. The van der Waals surface area contributed by atoms with Crippen molar-refractivity contribution >= 4 is 5.57 Å². The Morgan fingerprint density at radius 1 is 1.50 bits per heavy atom. The van der Waals surface area contributed by atoms with Crippen molar-refractivity contribution in [3.8, 4) is 5.88 Å². The molecule has 0 aliphatic rings. The van der Waals surface area contributed by atoms with Crippen LogP contribution in [-0.4, -0.2) is 12.1 Å². The second-order valence-corrected chi connectivity index (χ2v) is 2.80. The van der Waals surface area contributed by atoms with E-state index in [2.05, 4.69) is 11.6 Å². The number of pyridine rings is 1. The van der Waals surface area contributed by atoms with Gasteiger partial charge < -0.3 is 4.74 Å². The molecule has 64 valence electrons. The van der Waals surface area contributed by atoms with E-state index >= 15 is 0 Å². The lowest BCUT2D eigenvalue weighted by Gasteiger charge is -2.05. The predicted molar refractivity (Wildman–Crippen MR) is 50.2 cm³/mol. The Labute approximate surface area is 72.9 Å². The van der Waals surface area contributed by atoms with Crippen molar-refractivity contribution in [2.24, 2.45) is 0 Å². The Balaban J connectivity index is 3.17. The van der Waals surface area contributed by atoms with Crippen molar-refractivity contribution in [1.82, 2.24) is 4.98 Å². The summed E-state index contributed by atoms with van der Waals surface area (Å²) in [6.07, 6.45) is 0. The summed E-state index contributed by atoms with van der Waals surface area (Å²) in [5.41, 5.74) is 3.02. The molecule has 0 bridgehead atoms. The van der Waals surface area contributed by atoms with Gasteiger partial charge in [0.15, 0.2) is 0 Å². The molecule has 0 aliphatic carbocycles. The Bertz CT molecular complexity index is 305. The zero-order chi connectivity index (χ0) is 9.14. The third-order valence-corrected chi connectivity index (χ3v) is 1.68. The number of aryl methyl sites for hydroxylation is 1. The zero-order valence-electron chi connectivity index (χ0n) is 7.72. The monoisotopic (exact) mass is 163 g/mol. The van der Waals surface area contributed by atoms with E-state index in [1.807, 2.05) is 26.0 Å². The van der Waals surface area contributed by atoms with Crippen molar-refractivity contribution in [3.63, 3.8) is 0 Å². The summed E-state index contributed by atoms with van der Waals surface area (Å²) in [5, 5.41) is 0. The van der Waals surface area contributed by atoms with Gasteiger partial charge in [-0.15, -0.1) is 0 Å². The van der Waals surface area contributed by atoms with E-state index in [1.165, 1.54) is 0 Å². The van der Waals surface area contributed by atoms with Crippen molar-refractivity contribution < 1.29 is 4.74 Å². The fraction of sp³-hybridized carbons (Fsp3) is 0.300. The second-order valence-electron chi connectivity index (χ2n) is 2.80. The van der Waals surface area contributed by atoms with Gasteiger partial charge in [-0.2, -0.15) is 0 Å². The summed E-state index contributed by atoms with van der Waals surface area (Å²) < 4.78 is 5.01. The Morgan fingerprint density at radius 2 is 2.17 bits per heavy atom. The second kappa shape index (κ2) is 3.39. The van der Waals surface area contributed by atoms with Crippen LogP contribution in [0.2, 0.25) is 0 Å². The molecule has 2 heteroatoms. The van der Waals surface area contributed by atoms with E-state index in [1.54, 1.807) is 7.11 Å². The highest BCUT2D eigenvalue weighted by molar-refractivity contribution is 5.61. The molecule has 0 radical (unpaired) electrons. The first-order chi connectivity index (χ1) is 5.65. The maximum Gasteiger partial charge on any atom is 0.213 e. The molecule has 1 aromatic heterocycles. The summed E-state index contributed by atoms with van der Waals surface area (Å²) in [6.45, 7) is 7.79. The Morgan fingerprint density at radius 3 is 2.67 bits per heavy atom. The van der Waals surface area contributed by atoms with Gasteiger partial charge in [-0.05, 0) is 25.0 Å². The van der Waals surface area contributed by atoms with Gasteiger partial charge in [0.2, 0.25) is 5.88 Å². The number of hydrogen-bond donors (Lipinski definition) is 0. The van der Waals surface area contributed by atoms with Gasteiger partial charge in [0.25, 0.3) is 0 Å². The molecule has 0 saturated carbocycles. The van der Waals surface area contributed by atoms with E-state index in [4.69, 9.17) is 4.74 Å². The maximum atomic E-state index is 5.01. The molecule has 0 aromatic carbocycles. The van der Waals surface area contributed by atoms with Crippen LogP contribution in [0.1, 0.15) is 18.2 Å². The van der Waals surface area contributed by atoms with Crippen LogP contribution in [0.5, 0.6) is 5.88 Å². The third-order valence-electron chi connectivity index (χ3n) is 1.68. The molecule has 1 aromatic rings. The third kappa shape index (κ3) is 1.64. The normalized spacial score (nSPS) is 9.58. The molecule has 0 spiro atoms. The first-order valence-corrected chi connectivity index (χ1v) is 3.82. The standard InChI is InChI=1S/C10H13NO/c1-7(2)10-8(3)5-6-9(11-10)12-4/h5-6H,1H2,2-4H3. The number of ether oxygens (including phenoxy) is 1. The van der Waals surface area contributed by atoms with Crippen LogP contribution in [0.3, 0.4) is 0 Å². The molecule has 1 rings (SSSR count). The highest BCUT2D eigenvalue weighted by Crippen LogP contribution is 2.17. The summed E-state index contributed by atoms with van der Waals surface area (Å²) in [5.74, 6) is 0.638. The van der Waals surface area contributed by atoms with Gasteiger partial charge in [0.1, 0.15) is 0 Å². The molecule has 0 unspecified atom stereocenters. The van der Waals surface area contributed by atoms with Gasteiger partial charge in [0, 0.05) is 6.07 Å². The van der Waals surface area contributed by atoms with Gasteiger partial charge in [-0.3, -0.25) is 0 Å². The van der Waals surface area contributed by atoms with Crippen molar-refractivity contribution in [1.29, 1.82) is 0 Å². The maximum absolute atomic E-state index is 5.01. The average Bonchev–Trinajstić information content (AvgIpc) is 2.05. The molecule has 0 amide bonds. The highest BCUT2D eigenvalue weighted by atomic mass is 16.5. The molecule has 1 heterocycles. The van der Waals surface area contributed by atoms with E-state index in [9.17, 15) is 0 Å². The molecule has 0 N–H and O–H groups in total. The average molecular weight is 163 g/mol. The number of aromatic nitrogens is 1. The van der Waals surface area contributed by atoms with Crippen LogP contribution in [0, 0.1) is 6.92 Å². The van der Waals surface area contributed by atoms with Crippen LogP contribution in [0.15, 0.2) is 18.7 Å². The molecule has 0 saturated heterocycles. The Kier molecular flexibility index (Phi) is 2.48. The van der Waals surface area contributed by atoms with Gasteiger partial charge in [-0.1, -0.05) is 12.6 Å². The van der Waals surface area contributed by atoms with E-state index < -0.39 is 0 Å². The first-order valence-electron chi connectivity index (χ1n) is 3.82. The molecule has 0 aliphatic heterocycles. The van der Waals surface area contributed by atoms with Crippen LogP contribution >= 0.6 is 0 Å². The van der Waals surface area contributed by atoms with Crippen molar-refractivity contribution in [3.05, 3.63) is 30.0 Å². The summed E-state index contributed by atoms with van der Waals surface area (Å²) in [4.78, 5) is 4.27. The number of hydrogen-bond acceptors (Lipinski definition) is 2. The highest BCUT2D eigenvalue weighted by Gasteiger charge is 2.01. The van der Waals surface area contributed by atoms with E-state index in [-0.39, 0.29) is 0 Å². The van der Waals surface area contributed by atoms with E-state index in [0.717, 1.165) is 16.8 Å². The number of allylic oxidation sites excluding steroid dienone is 1. The van der Waals surface area contributed by atoms with Crippen LogP contribution in [0.4, 0.5) is 0 Å². The number of nitrogens with zero attached hydrogens (tertiary/aromatic N) is 1. The van der Waals surface area contributed by atoms with Gasteiger partial charge >= 0.3 is 0 Å². The predicted octanol–water partition coefficient (Wildman–Crippen LogP) is 2.43. The van der Waals surface area contributed by atoms with Crippen LogP contribution < -0.4 is 4.74 Å². The zero-order valence-corrected chi connectivity index (χ0v) is 7.72. The lowest BCUT2D eigenvalue weighted by Crippen LogP contribution is -1.94. The molecular weight excluding hydrogens is 150 g/mol. The molecule has 12 heavy (non-hydrogen) atoms. The lowest BCUT2D eigenvalue weighted by atomic mass is 10.1. The smallest absolute Gasteiger partial charge is 0.213 e. The lowest BCUT2D eigenvalue weighted by molar-refractivity contribution is 0.397. The SMILES string of the molecule is C=C(C)c1nc(OC)ccc1C. The Hall–Kier alpha value is -1.31. The quantitative estimate of drug-likeness (QED) is 0.668. The summed E-state index contributed by atoms with van der Waals surface area (Å²) >= 11 is 0. The fourth-order valence-corrected chi connectivity index (χ4v) is 1.06. The molecular formula is C10H13NO. The molecule has 2 nitrogen and oxygen atoms in total. The van der Waals surface area contributed by atoms with Crippen molar-refractivity contribution in [2.75, 3.05) is 7.11 Å². The van der Waals surface area contributed by atoms with Crippen LogP contribution in [0.25, 0.3) is 5.57 Å². The van der Waals surface area contributed by atoms with Gasteiger partial charge in [-0.25, -0.2) is 4.98 Å². The minimum atomic E-state index is 0.638. The largest absolute Gasteiger partial charge is 0.481 e. The van der Waals surface area contributed by atoms with Crippen molar-refractivity contribution in [2.45, 2.75) is 13.8 Å². The number of rotatable bonds is 2. The number of methoxy groups -OCH3 is 1.